The molecule has 0 saturated carbocycles. The van der Waals surface area contributed by atoms with Gasteiger partial charge in [0.05, 0.1) is 18.8 Å². The minimum atomic E-state index is -1.45. The smallest absolute Gasteiger partial charge is 0.110 e. The summed E-state index contributed by atoms with van der Waals surface area (Å²) in [6.07, 6.45) is -2.86. The molecule has 7 heteroatoms. The highest BCUT2D eigenvalue weighted by Crippen LogP contribution is 2.21. The molecule has 0 unspecified atom stereocenters. The van der Waals surface area contributed by atoms with Crippen molar-refractivity contribution in [3.8, 4) is 0 Å². The monoisotopic (exact) mass is 201 g/mol. The van der Waals surface area contributed by atoms with Crippen LogP contribution in [0.3, 0.4) is 0 Å². The molecule has 1 aliphatic carbocycles. The molecule has 0 amide bonds. The zero-order valence-electron chi connectivity index (χ0n) is 7.22. The van der Waals surface area contributed by atoms with Crippen LogP contribution in [-0.4, -0.2) is 51.4 Å². The van der Waals surface area contributed by atoms with E-state index in [1.165, 1.54) is 6.08 Å². The van der Waals surface area contributed by atoms with Crippen LogP contribution < -0.4 is 0 Å². The summed E-state index contributed by atoms with van der Waals surface area (Å²) in [4.78, 5) is 2.48. The van der Waals surface area contributed by atoms with Crippen LogP contribution in [0.2, 0.25) is 0 Å². The van der Waals surface area contributed by atoms with Crippen LogP contribution in [0, 0.1) is 0 Å². The summed E-state index contributed by atoms with van der Waals surface area (Å²) < 4.78 is 0. The van der Waals surface area contributed by atoms with Crippen molar-refractivity contribution in [2.75, 3.05) is 6.61 Å². The molecule has 0 aromatic carbocycles. The molecule has 0 aromatic rings. The molecular formula is C7H11N3O4. The fourth-order valence-electron chi connectivity index (χ4n) is 1.33. The second kappa shape index (κ2) is 4.41. The van der Waals surface area contributed by atoms with Gasteiger partial charge >= 0.3 is 0 Å². The van der Waals surface area contributed by atoms with Gasteiger partial charge in [-0.3, -0.25) is 0 Å². The molecule has 7 nitrogen and oxygen atoms in total. The molecule has 0 heterocycles. The third-order valence-electron chi connectivity index (χ3n) is 2.16. The van der Waals surface area contributed by atoms with Crippen molar-refractivity contribution < 1.29 is 20.4 Å². The summed E-state index contributed by atoms with van der Waals surface area (Å²) in [6.45, 7) is -0.456. The predicted octanol–water partition coefficient (Wildman–Crippen LogP) is -1.32. The molecule has 4 N–H and O–H groups in total. The Labute approximate surface area is 79.5 Å². The first-order valence-electron chi connectivity index (χ1n) is 4.01. The summed E-state index contributed by atoms with van der Waals surface area (Å²) in [6, 6.07) is -0.958. The Balaban J connectivity index is 2.98. The first kappa shape index (κ1) is 11.0. The van der Waals surface area contributed by atoms with E-state index in [2.05, 4.69) is 10.0 Å². The van der Waals surface area contributed by atoms with Crippen molar-refractivity contribution >= 4 is 0 Å². The van der Waals surface area contributed by atoms with E-state index in [0.29, 0.717) is 0 Å². The molecule has 1 rings (SSSR count). The van der Waals surface area contributed by atoms with Crippen molar-refractivity contribution in [3.05, 3.63) is 22.1 Å². The minimum absolute atomic E-state index is 0.139. The van der Waals surface area contributed by atoms with Crippen LogP contribution in [-0.2, 0) is 0 Å². The number of aliphatic hydroxyl groups is 4. The van der Waals surface area contributed by atoms with E-state index >= 15 is 0 Å². The molecule has 0 aromatic heterocycles. The van der Waals surface area contributed by atoms with Gasteiger partial charge in [-0.1, -0.05) is 11.2 Å². The molecular weight excluding hydrogens is 190 g/mol. The van der Waals surface area contributed by atoms with Crippen LogP contribution in [0.15, 0.2) is 16.8 Å². The van der Waals surface area contributed by atoms with Gasteiger partial charge in [0, 0.05) is 4.91 Å². The number of hydrogen-bond donors (Lipinski definition) is 4. The van der Waals surface area contributed by atoms with Crippen molar-refractivity contribution in [2.24, 2.45) is 5.11 Å². The summed E-state index contributed by atoms with van der Waals surface area (Å²) in [5.74, 6) is 0. The lowest BCUT2D eigenvalue weighted by atomic mass is 9.89. The van der Waals surface area contributed by atoms with E-state index in [-0.39, 0.29) is 5.57 Å². The maximum absolute atomic E-state index is 9.35. The molecule has 0 spiro atoms. The lowest BCUT2D eigenvalue weighted by molar-refractivity contribution is -0.0595. The van der Waals surface area contributed by atoms with E-state index in [9.17, 15) is 15.3 Å². The Hall–Kier alpha value is -1.11. The van der Waals surface area contributed by atoms with E-state index in [4.69, 9.17) is 10.6 Å². The average Bonchev–Trinajstić information content (AvgIpc) is 2.19. The van der Waals surface area contributed by atoms with E-state index in [1.807, 2.05) is 0 Å². The standard InChI is InChI=1S/C7H11N3O4/c8-10-9-4-1-3(2-11)5(12)7(14)6(4)13/h1,4-7,11-14H,2H2/t4-,5+,6-,7-/m1/s1. The Morgan fingerprint density at radius 2 is 2.00 bits per heavy atom. The first-order chi connectivity index (χ1) is 6.61. The van der Waals surface area contributed by atoms with Crippen LogP contribution in [0.4, 0.5) is 0 Å². The number of hydrogen-bond acceptors (Lipinski definition) is 5. The van der Waals surface area contributed by atoms with Crippen molar-refractivity contribution in [1.82, 2.24) is 0 Å². The van der Waals surface area contributed by atoms with Gasteiger partial charge in [0.2, 0.25) is 0 Å². The number of rotatable bonds is 2. The van der Waals surface area contributed by atoms with Gasteiger partial charge in [-0.25, -0.2) is 0 Å². The van der Waals surface area contributed by atoms with E-state index in [0.717, 1.165) is 0 Å². The molecule has 4 atom stereocenters. The largest absolute Gasteiger partial charge is 0.392 e. The predicted molar refractivity (Wildman–Crippen MR) is 46.1 cm³/mol. The Kier molecular flexibility index (Phi) is 3.45. The fourth-order valence-corrected chi connectivity index (χ4v) is 1.33. The highest BCUT2D eigenvalue weighted by molar-refractivity contribution is 5.21. The quantitative estimate of drug-likeness (QED) is 0.191. The lowest BCUT2D eigenvalue weighted by Crippen LogP contribution is -2.48. The van der Waals surface area contributed by atoms with Gasteiger partial charge in [0.15, 0.2) is 0 Å². The number of nitrogens with zero attached hydrogens (tertiary/aromatic N) is 3. The molecule has 0 bridgehead atoms. The van der Waals surface area contributed by atoms with Gasteiger partial charge in [0.1, 0.15) is 12.2 Å². The molecule has 1 aliphatic rings. The van der Waals surface area contributed by atoms with Gasteiger partial charge in [-0.15, -0.1) is 0 Å². The maximum Gasteiger partial charge on any atom is 0.110 e. The number of azide groups is 1. The normalized spacial score (nSPS) is 37.3. The van der Waals surface area contributed by atoms with Gasteiger partial charge in [-0.2, -0.15) is 0 Å². The second-order valence-corrected chi connectivity index (χ2v) is 3.02. The van der Waals surface area contributed by atoms with Gasteiger partial charge in [0.25, 0.3) is 0 Å². The molecule has 0 aliphatic heterocycles. The van der Waals surface area contributed by atoms with Crippen molar-refractivity contribution in [1.29, 1.82) is 0 Å². The SMILES string of the molecule is [N-]=[N+]=N[C@@H]1C=C(CO)[C@H](O)[C@@H](O)[C@@H]1O. The van der Waals surface area contributed by atoms with Crippen LogP contribution >= 0.6 is 0 Å². The molecule has 0 fully saturated rings. The van der Waals surface area contributed by atoms with Crippen molar-refractivity contribution in [3.63, 3.8) is 0 Å². The third-order valence-corrected chi connectivity index (χ3v) is 2.16. The molecule has 78 valence electrons. The molecule has 14 heavy (non-hydrogen) atoms. The highest BCUT2D eigenvalue weighted by atomic mass is 16.4. The number of aliphatic hydroxyl groups excluding tert-OH is 4. The summed E-state index contributed by atoms with van der Waals surface area (Å²) in [5, 5.41) is 40.0. The molecule has 0 radical (unpaired) electrons. The third kappa shape index (κ3) is 1.87. The second-order valence-electron chi connectivity index (χ2n) is 3.02. The van der Waals surface area contributed by atoms with E-state index in [1.54, 1.807) is 0 Å². The average molecular weight is 201 g/mol. The highest BCUT2D eigenvalue weighted by Gasteiger charge is 2.36. The molecule has 0 saturated heterocycles. The van der Waals surface area contributed by atoms with E-state index < -0.39 is 31.0 Å². The van der Waals surface area contributed by atoms with Crippen molar-refractivity contribution in [2.45, 2.75) is 24.4 Å². The Bertz CT molecular complexity index is 287. The summed E-state index contributed by atoms with van der Waals surface area (Å²) in [5.41, 5.74) is 8.30. The Morgan fingerprint density at radius 3 is 2.50 bits per heavy atom. The zero-order chi connectivity index (χ0) is 10.7. The minimum Gasteiger partial charge on any atom is -0.392 e. The topological polar surface area (TPSA) is 130 Å². The van der Waals surface area contributed by atoms with Crippen LogP contribution in [0.1, 0.15) is 0 Å². The lowest BCUT2D eigenvalue weighted by Gasteiger charge is -2.31. The van der Waals surface area contributed by atoms with Gasteiger partial charge in [-0.05, 0) is 11.1 Å². The zero-order valence-corrected chi connectivity index (χ0v) is 7.22. The maximum atomic E-state index is 9.35. The van der Waals surface area contributed by atoms with Crippen LogP contribution in [0.25, 0.3) is 10.4 Å². The first-order valence-corrected chi connectivity index (χ1v) is 4.01. The van der Waals surface area contributed by atoms with Gasteiger partial charge < -0.3 is 20.4 Å². The summed E-state index contributed by atoms with van der Waals surface area (Å²) >= 11 is 0. The Morgan fingerprint density at radius 1 is 1.36 bits per heavy atom. The van der Waals surface area contributed by atoms with Crippen LogP contribution in [0.5, 0.6) is 0 Å². The fraction of sp³-hybridized carbons (Fsp3) is 0.714. The summed E-state index contributed by atoms with van der Waals surface area (Å²) in [7, 11) is 0.